The van der Waals surface area contributed by atoms with E-state index in [4.69, 9.17) is 0 Å². The minimum absolute atomic E-state index is 0.0550. The first kappa shape index (κ1) is 19.1. The molecule has 0 saturated heterocycles. The van der Waals surface area contributed by atoms with Crippen LogP contribution in [0.3, 0.4) is 0 Å². The van der Waals surface area contributed by atoms with Gasteiger partial charge < -0.3 is 15.1 Å². The van der Waals surface area contributed by atoms with Gasteiger partial charge in [0, 0.05) is 42.1 Å². The number of amidine groups is 1. The molecule has 1 N–H and O–H groups in total. The summed E-state index contributed by atoms with van der Waals surface area (Å²) in [5.41, 5.74) is 3.39. The number of fused-ring (bicyclic) bond motifs is 2. The van der Waals surface area contributed by atoms with E-state index in [1.807, 2.05) is 35.6 Å². The van der Waals surface area contributed by atoms with Crippen LogP contribution in [0.25, 0.3) is 0 Å². The Morgan fingerprint density at radius 1 is 1.13 bits per heavy atom. The topological polar surface area (TPSA) is 82.1 Å². The molecule has 9 heteroatoms. The van der Waals surface area contributed by atoms with Crippen LogP contribution in [-0.2, 0) is 27.8 Å². The number of hydrogen-bond donors (Lipinski definition) is 1. The van der Waals surface area contributed by atoms with Crippen LogP contribution in [0.1, 0.15) is 10.4 Å². The molecule has 2 aromatic rings. The van der Waals surface area contributed by atoms with Crippen LogP contribution >= 0.6 is 11.3 Å². The van der Waals surface area contributed by atoms with Crippen molar-refractivity contribution in [3.63, 3.8) is 0 Å². The van der Waals surface area contributed by atoms with E-state index < -0.39 is 10.0 Å². The van der Waals surface area contributed by atoms with Crippen LogP contribution in [0.15, 0.2) is 64.0 Å². The average molecular weight is 441 g/mol. The fourth-order valence-electron chi connectivity index (χ4n) is 3.82. The van der Waals surface area contributed by atoms with E-state index >= 15 is 0 Å². The Morgan fingerprint density at radius 2 is 1.97 bits per heavy atom. The Balaban J connectivity index is 1.30. The number of amides is 1. The predicted molar refractivity (Wildman–Crippen MR) is 119 cm³/mol. The Labute approximate surface area is 179 Å². The Morgan fingerprint density at radius 3 is 2.80 bits per heavy atom. The van der Waals surface area contributed by atoms with Crippen molar-refractivity contribution in [2.45, 2.75) is 13.0 Å². The molecule has 3 aliphatic heterocycles. The second-order valence-electron chi connectivity index (χ2n) is 7.36. The molecular weight excluding hydrogens is 420 g/mol. The summed E-state index contributed by atoms with van der Waals surface area (Å²) in [5, 5.41) is 5.00. The largest absolute Gasteiger partial charge is 0.367 e. The normalized spacial score (nSPS) is 19.5. The molecule has 0 saturated carbocycles. The highest BCUT2D eigenvalue weighted by molar-refractivity contribution is 7.90. The summed E-state index contributed by atoms with van der Waals surface area (Å²) in [5.74, 6) is -0.257. The molecule has 0 radical (unpaired) electrons. The van der Waals surface area contributed by atoms with Crippen LogP contribution in [-0.4, -0.2) is 43.9 Å². The highest BCUT2D eigenvalue weighted by atomic mass is 32.2. The van der Waals surface area contributed by atoms with E-state index in [0.29, 0.717) is 12.2 Å². The van der Waals surface area contributed by atoms with Crippen molar-refractivity contribution in [3.05, 3.63) is 70.1 Å². The van der Waals surface area contributed by atoms with E-state index in [0.717, 1.165) is 25.2 Å². The fraction of sp³-hybridized carbons (Fsp3) is 0.238. The predicted octanol–water partition coefficient (Wildman–Crippen LogP) is 2.75. The number of anilines is 2. The average Bonchev–Trinajstić information content (AvgIpc) is 3.21. The van der Waals surface area contributed by atoms with Gasteiger partial charge >= 0.3 is 0 Å². The number of benzene rings is 1. The van der Waals surface area contributed by atoms with Gasteiger partial charge in [-0.05, 0) is 59.8 Å². The molecule has 0 fully saturated rings. The van der Waals surface area contributed by atoms with Crippen molar-refractivity contribution in [3.8, 4) is 0 Å². The van der Waals surface area contributed by atoms with Crippen molar-refractivity contribution < 1.29 is 13.2 Å². The molecule has 0 bridgehead atoms. The summed E-state index contributed by atoms with van der Waals surface area (Å²) in [4.78, 5) is 18.3. The van der Waals surface area contributed by atoms with E-state index in [9.17, 15) is 13.2 Å². The third kappa shape index (κ3) is 3.66. The van der Waals surface area contributed by atoms with Gasteiger partial charge in [0.15, 0.2) is 5.84 Å². The molecule has 4 heterocycles. The second-order valence-corrected chi connectivity index (χ2v) is 10.1. The molecule has 0 aliphatic carbocycles. The van der Waals surface area contributed by atoms with Gasteiger partial charge in [0.1, 0.15) is 0 Å². The van der Waals surface area contributed by atoms with Crippen molar-refractivity contribution >= 4 is 44.5 Å². The van der Waals surface area contributed by atoms with E-state index in [-0.39, 0.29) is 23.1 Å². The van der Waals surface area contributed by atoms with Crippen LogP contribution in [0, 0.1) is 0 Å². The lowest BCUT2D eigenvalue weighted by atomic mass is 10.1. The first-order chi connectivity index (χ1) is 14.5. The van der Waals surface area contributed by atoms with Crippen LogP contribution in [0.5, 0.6) is 0 Å². The van der Waals surface area contributed by atoms with Gasteiger partial charge in [0.2, 0.25) is 0 Å². The third-order valence-electron chi connectivity index (χ3n) is 5.40. The summed E-state index contributed by atoms with van der Waals surface area (Å²) < 4.78 is 27.6. The minimum atomic E-state index is -3.54. The lowest BCUT2D eigenvalue weighted by molar-refractivity contribution is -0.112. The zero-order valence-corrected chi connectivity index (χ0v) is 17.7. The summed E-state index contributed by atoms with van der Waals surface area (Å²) in [6.45, 7) is 2.16. The first-order valence-corrected chi connectivity index (χ1v) is 12.2. The van der Waals surface area contributed by atoms with Crippen LogP contribution in [0.4, 0.5) is 11.4 Å². The van der Waals surface area contributed by atoms with Crippen LogP contribution in [0.2, 0.25) is 0 Å². The molecule has 1 aromatic carbocycles. The van der Waals surface area contributed by atoms with Crippen molar-refractivity contribution in [1.82, 2.24) is 4.90 Å². The maximum absolute atomic E-state index is 12.8. The Bertz CT molecular complexity index is 1190. The van der Waals surface area contributed by atoms with Gasteiger partial charge in [0.05, 0.1) is 11.3 Å². The maximum Gasteiger partial charge on any atom is 0.259 e. The molecule has 1 amide bonds. The Kier molecular flexibility index (Phi) is 4.71. The van der Waals surface area contributed by atoms with Crippen molar-refractivity contribution in [1.29, 1.82) is 0 Å². The number of hydrogen-bond acceptors (Lipinski definition) is 6. The van der Waals surface area contributed by atoms with Gasteiger partial charge in [-0.1, -0.05) is 0 Å². The number of rotatable bonds is 3. The SMILES string of the molecule is O=C(Nc1ccc(N2CCc3sccc3C2)cc1)C1=CC=CN2CCS(=O)(=O)N=C12. The zero-order chi connectivity index (χ0) is 20.7. The lowest BCUT2D eigenvalue weighted by Gasteiger charge is -2.29. The monoisotopic (exact) mass is 440 g/mol. The van der Waals surface area contributed by atoms with Gasteiger partial charge in [-0.2, -0.15) is 0 Å². The van der Waals surface area contributed by atoms with Gasteiger partial charge in [0.25, 0.3) is 15.9 Å². The number of thiophene rings is 1. The molecule has 7 nitrogen and oxygen atoms in total. The molecule has 3 aliphatic rings. The number of carbonyl (C=O) groups excluding carboxylic acids is 1. The number of allylic oxidation sites excluding steroid dienone is 2. The quantitative estimate of drug-likeness (QED) is 0.794. The van der Waals surface area contributed by atoms with Gasteiger partial charge in [-0.15, -0.1) is 15.7 Å². The molecule has 30 heavy (non-hydrogen) atoms. The van der Waals surface area contributed by atoms with Crippen molar-refractivity contribution in [2.24, 2.45) is 4.40 Å². The smallest absolute Gasteiger partial charge is 0.259 e. The van der Waals surface area contributed by atoms with E-state index in [1.165, 1.54) is 10.4 Å². The summed E-state index contributed by atoms with van der Waals surface area (Å²) in [6, 6.07) is 9.91. The number of sulfonamides is 1. The zero-order valence-electron chi connectivity index (χ0n) is 16.1. The number of carbonyl (C=O) groups is 1. The molecular formula is C21H20N4O3S2. The van der Waals surface area contributed by atoms with E-state index in [2.05, 4.69) is 26.1 Å². The number of nitrogens with one attached hydrogen (secondary N) is 1. The molecule has 5 rings (SSSR count). The standard InChI is InChI=1S/C21H20N4O3S2/c26-21(18-2-1-9-24-11-13-30(27,28)23-20(18)24)22-16-3-5-17(6-4-16)25-10-7-19-15(14-25)8-12-29-19/h1-6,8-9,12H,7,10-11,13-14H2,(H,22,26). The van der Waals surface area contributed by atoms with Crippen LogP contribution < -0.4 is 10.2 Å². The number of nitrogens with zero attached hydrogens (tertiary/aromatic N) is 3. The van der Waals surface area contributed by atoms with Gasteiger partial charge in [-0.25, -0.2) is 8.42 Å². The molecule has 0 spiro atoms. The highest BCUT2D eigenvalue weighted by Gasteiger charge is 2.30. The third-order valence-corrected chi connectivity index (χ3v) is 7.57. The van der Waals surface area contributed by atoms with Gasteiger partial charge in [-0.3, -0.25) is 4.79 Å². The summed E-state index contributed by atoms with van der Waals surface area (Å²) >= 11 is 1.82. The summed E-state index contributed by atoms with van der Waals surface area (Å²) in [7, 11) is -3.54. The van der Waals surface area contributed by atoms with E-state index in [1.54, 1.807) is 23.3 Å². The highest BCUT2D eigenvalue weighted by Crippen LogP contribution is 2.28. The molecule has 0 atom stereocenters. The molecule has 0 unspecified atom stereocenters. The fourth-order valence-corrected chi connectivity index (χ4v) is 5.69. The first-order valence-electron chi connectivity index (χ1n) is 9.68. The van der Waals surface area contributed by atoms with Crippen molar-refractivity contribution in [2.75, 3.05) is 29.1 Å². The summed E-state index contributed by atoms with van der Waals surface area (Å²) in [6.07, 6.45) is 6.10. The Hall–Kier alpha value is -2.91. The molecule has 1 aromatic heterocycles. The second kappa shape index (κ2) is 7.41. The maximum atomic E-state index is 12.8. The molecule has 154 valence electrons. The lowest BCUT2D eigenvalue weighted by Crippen LogP contribution is -2.40. The minimum Gasteiger partial charge on any atom is -0.367 e.